The van der Waals surface area contributed by atoms with E-state index in [0.717, 1.165) is 17.7 Å². The number of aryl methyl sites for hydroxylation is 1. The van der Waals surface area contributed by atoms with Crippen molar-refractivity contribution in [2.45, 2.75) is 26.8 Å². The van der Waals surface area contributed by atoms with Gasteiger partial charge >= 0.3 is 0 Å². The highest BCUT2D eigenvalue weighted by molar-refractivity contribution is 5.49. The van der Waals surface area contributed by atoms with Crippen molar-refractivity contribution in [3.05, 3.63) is 35.7 Å². The minimum atomic E-state index is 0.257. The molecule has 9 heteroatoms. The lowest BCUT2D eigenvalue weighted by Gasteiger charge is -2.10. The standard InChI is InChI=1S/C14H17N9/c1-3-9-8(2)12(21-14(15)19-9)18-7-11-20-13(23-22-11)10-6-16-4-5-17-10/h4-6H,3,7H2,1-2H3,(H,20,22,23)(H3,15,18,19,21). The summed E-state index contributed by atoms with van der Waals surface area (Å²) in [7, 11) is 0. The maximum absolute atomic E-state index is 5.74. The van der Waals surface area contributed by atoms with E-state index in [1.165, 1.54) is 0 Å². The number of aromatic amines is 1. The Morgan fingerprint density at radius 3 is 2.83 bits per heavy atom. The first-order chi connectivity index (χ1) is 11.2. The minimum Gasteiger partial charge on any atom is -0.368 e. The number of aromatic nitrogens is 7. The van der Waals surface area contributed by atoms with Gasteiger partial charge in [0.05, 0.1) is 18.4 Å². The molecule has 23 heavy (non-hydrogen) atoms. The van der Waals surface area contributed by atoms with Crippen molar-refractivity contribution in [3.8, 4) is 11.5 Å². The quantitative estimate of drug-likeness (QED) is 0.638. The summed E-state index contributed by atoms with van der Waals surface area (Å²) in [4.78, 5) is 21.0. The molecule has 3 aromatic rings. The Labute approximate surface area is 132 Å². The molecule has 0 aliphatic rings. The van der Waals surface area contributed by atoms with Crippen LogP contribution in [-0.4, -0.2) is 35.1 Å². The normalized spacial score (nSPS) is 10.7. The van der Waals surface area contributed by atoms with E-state index in [9.17, 15) is 0 Å². The van der Waals surface area contributed by atoms with Crippen molar-refractivity contribution in [2.24, 2.45) is 0 Å². The van der Waals surface area contributed by atoms with Crippen molar-refractivity contribution in [1.82, 2.24) is 35.1 Å². The second kappa shape index (κ2) is 6.34. The molecule has 0 spiro atoms. The van der Waals surface area contributed by atoms with Crippen LogP contribution in [0.3, 0.4) is 0 Å². The molecule has 3 aromatic heterocycles. The molecule has 0 unspecified atom stereocenters. The summed E-state index contributed by atoms with van der Waals surface area (Å²) in [6, 6.07) is 0. The lowest BCUT2D eigenvalue weighted by atomic mass is 10.2. The number of anilines is 2. The van der Waals surface area contributed by atoms with Crippen molar-refractivity contribution >= 4 is 11.8 Å². The van der Waals surface area contributed by atoms with E-state index in [1.54, 1.807) is 18.6 Å². The smallest absolute Gasteiger partial charge is 0.222 e. The molecule has 0 saturated carbocycles. The van der Waals surface area contributed by atoms with Gasteiger partial charge in [-0.3, -0.25) is 10.1 Å². The van der Waals surface area contributed by atoms with Gasteiger partial charge in [0.2, 0.25) is 11.8 Å². The lowest BCUT2D eigenvalue weighted by Crippen LogP contribution is -2.10. The van der Waals surface area contributed by atoms with Crippen molar-refractivity contribution in [1.29, 1.82) is 0 Å². The van der Waals surface area contributed by atoms with Crippen LogP contribution >= 0.6 is 0 Å². The summed E-state index contributed by atoms with van der Waals surface area (Å²) in [6.07, 6.45) is 5.62. The molecular weight excluding hydrogens is 294 g/mol. The monoisotopic (exact) mass is 311 g/mol. The molecule has 3 heterocycles. The Kier molecular flexibility index (Phi) is 4.09. The number of nitrogens with one attached hydrogen (secondary N) is 2. The molecule has 3 rings (SSSR count). The van der Waals surface area contributed by atoms with Crippen LogP contribution in [0.25, 0.3) is 11.5 Å². The fourth-order valence-corrected chi connectivity index (χ4v) is 2.17. The zero-order chi connectivity index (χ0) is 16.2. The fraction of sp³-hybridized carbons (Fsp3) is 0.286. The maximum atomic E-state index is 5.74. The molecule has 0 saturated heterocycles. The van der Waals surface area contributed by atoms with Gasteiger partial charge < -0.3 is 11.1 Å². The SMILES string of the molecule is CCc1nc(N)nc(NCc2nc(-c3cnccn3)n[nH]2)c1C. The van der Waals surface area contributed by atoms with E-state index >= 15 is 0 Å². The molecule has 0 radical (unpaired) electrons. The highest BCUT2D eigenvalue weighted by Gasteiger charge is 2.10. The predicted octanol–water partition coefficient (Wildman–Crippen LogP) is 1.12. The van der Waals surface area contributed by atoms with Gasteiger partial charge in [0.1, 0.15) is 17.3 Å². The van der Waals surface area contributed by atoms with Crippen molar-refractivity contribution in [2.75, 3.05) is 11.1 Å². The number of rotatable bonds is 5. The van der Waals surface area contributed by atoms with Crippen molar-refractivity contribution < 1.29 is 0 Å². The maximum Gasteiger partial charge on any atom is 0.222 e. The molecule has 4 N–H and O–H groups in total. The van der Waals surface area contributed by atoms with Gasteiger partial charge in [-0.05, 0) is 13.3 Å². The lowest BCUT2D eigenvalue weighted by molar-refractivity contribution is 0.928. The first-order valence-electron chi connectivity index (χ1n) is 7.22. The van der Waals surface area contributed by atoms with Crippen LogP contribution in [0.5, 0.6) is 0 Å². The first kappa shape index (κ1) is 14.8. The first-order valence-corrected chi connectivity index (χ1v) is 7.22. The third-order valence-corrected chi connectivity index (χ3v) is 3.35. The van der Waals surface area contributed by atoms with E-state index in [-0.39, 0.29) is 5.95 Å². The van der Waals surface area contributed by atoms with E-state index in [4.69, 9.17) is 5.73 Å². The number of nitrogens with two attached hydrogens (primary N) is 1. The Hall–Kier alpha value is -3.10. The number of H-pyrrole nitrogens is 1. The van der Waals surface area contributed by atoms with E-state index in [0.29, 0.717) is 29.7 Å². The Bertz CT molecular complexity index is 797. The van der Waals surface area contributed by atoms with Gasteiger partial charge in [-0.2, -0.15) is 10.1 Å². The number of hydrogen-bond acceptors (Lipinski definition) is 8. The fourth-order valence-electron chi connectivity index (χ4n) is 2.17. The molecule has 118 valence electrons. The molecule has 0 aliphatic heterocycles. The molecular formula is C14H17N9. The minimum absolute atomic E-state index is 0.257. The summed E-state index contributed by atoms with van der Waals surface area (Å²) in [5, 5.41) is 10.2. The van der Waals surface area contributed by atoms with Crippen LogP contribution in [0.4, 0.5) is 11.8 Å². The van der Waals surface area contributed by atoms with E-state index in [2.05, 4.69) is 40.4 Å². The van der Waals surface area contributed by atoms with E-state index in [1.807, 2.05) is 13.8 Å². The molecule has 0 fully saturated rings. The summed E-state index contributed by atoms with van der Waals surface area (Å²) < 4.78 is 0. The summed E-state index contributed by atoms with van der Waals surface area (Å²) >= 11 is 0. The highest BCUT2D eigenvalue weighted by Crippen LogP contribution is 2.17. The third-order valence-electron chi connectivity index (χ3n) is 3.35. The van der Waals surface area contributed by atoms with Crippen LogP contribution in [0.15, 0.2) is 18.6 Å². The summed E-state index contributed by atoms with van der Waals surface area (Å²) in [5.74, 6) is 2.13. The second-order valence-electron chi connectivity index (χ2n) is 4.91. The van der Waals surface area contributed by atoms with Gasteiger partial charge in [-0.15, -0.1) is 0 Å². The summed E-state index contributed by atoms with van der Waals surface area (Å²) in [5.41, 5.74) is 8.27. The Balaban J connectivity index is 1.75. The zero-order valence-corrected chi connectivity index (χ0v) is 12.9. The second-order valence-corrected chi connectivity index (χ2v) is 4.91. The Morgan fingerprint density at radius 1 is 1.22 bits per heavy atom. The van der Waals surface area contributed by atoms with Gasteiger partial charge in [-0.25, -0.2) is 15.0 Å². The largest absolute Gasteiger partial charge is 0.368 e. The topological polar surface area (TPSA) is 131 Å². The average Bonchev–Trinajstić information content (AvgIpc) is 3.05. The molecule has 9 nitrogen and oxygen atoms in total. The number of nitrogen functional groups attached to an aromatic ring is 1. The van der Waals surface area contributed by atoms with Crippen LogP contribution in [-0.2, 0) is 13.0 Å². The Morgan fingerprint density at radius 2 is 2.09 bits per heavy atom. The third kappa shape index (κ3) is 3.23. The zero-order valence-electron chi connectivity index (χ0n) is 12.9. The van der Waals surface area contributed by atoms with Crippen LogP contribution in [0, 0.1) is 6.92 Å². The number of nitrogens with zero attached hydrogens (tertiary/aromatic N) is 6. The van der Waals surface area contributed by atoms with Crippen molar-refractivity contribution in [3.63, 3.8) is 0 Å². The van der Waals surface area contributed by atoms with Gasteiger partial charge in [0, 0.05) is 18.0 Å². The molecule has 0 aliphatic carbocycles. The van der Waals surface area contributed by atoms with Gasteiger partial charge in [-0.1, -0.05) is 6.92 Å². The van der Waals surface area contributed by atoms with Crippen LogP contribution in [0.1, 0.15) is 24.0 Å². The van der Waals surface area contributed by atoms with Crippen LogP contribution < -0.4 is 11.1 Å². The van der Waals surface area contributed by atoms with Crippen LogP contribution in [0.2, 0.25) is 0 Å². The van der Waals surface area contributed by atoms with E-state index < -0.39 is 0 Å². The molecule has 0 bridgehead atoms. The highest BCUT2D eigenvalue weighted by atomic mass is 15.2. The van der Waals surface area contributed by atoms with Gasteiger partial charge in [0.25, 0.3) is 0 Å². The van der Waals surface area contributed by atoms with Gasteiger partial charge in [0.15, 0.2) is 0 Å². The predicted molar refractivity (Wildman–Crippen MR) is 85.3 cm³/mol. The average molecular weight is 311 g/mol. The molecule has 0 amide bonds. The summed E-state index contributed by atoms with van der Waals surface area (Å²) in [6.45, 7) is 4.43. The molecule has 0 aromatic carbocycles. The number of hydrogen-bond donors (Lipinski definition) is 3. The molecule has 0 atom stereocenters.